The van der Waals surface area contributed by atoms with E-state index in [2.05, 4.69) is 36.7 Å². The first kappa shape index (κ1) is 19.9. The predicted molar refractivity (Wildman–Crippen MR) is 113 cm³/mol. The minimum atomic E-state index is -0.470. The highest BCUT2D eigenvalue weighted by atomic mass is 79.9. The molecule has 1 fully saturated rings. The van der Waals surface area contributed by atoms with E-state index in [0.717, 1.165) is 5.56 Å². The number of ether oxygens (including phenoxy) is 1. The quantitative estimate of drug-likeness (QED) is 0.589. The van der Waals surface area contributed by atoms with Crippen LogP contribution in [0.4, 0.5) is 15.3 Å². The lowest BCUT2D eigenvalue weighted by Gasteiger charge is -2.14. The van der Waals surface area contributed by atoms with E-state index in [1.165, 1.54) is 11.9 Å². The molecule has 3 aromatic rings. The van der Waals surface area contributed by atoms with Crippen LogP contribution >= 0.6 is 15.9 Å². The van der Waals surface area contributed by atoms with Gasteiger partial charge in [0.1, 0.15) is 6.10 Å². The molecule has 1 aliphatic heterocycles. The summed E-state index contributed by atoms with van der Waals surface area (Å²) in [5.41, 5.74) is 2.22. The molecule has 154 valence electrons. The van der Waals surface area contributed by atoms with E-state index in [1.54, 1.807) is 18.2 Å². The Morgan fingerprint density at radius 2 is 2.07 bits per heavy atom. The van der Waals surface area contributed by atoms with Crippen molar-refractivity contribution in [3.63, 3.8) is 0 Å². The molecule has 0 aliphatic carbocycles. The van der Waals surface area contributed by atoms with Gasteiger partial charge in [0.25, 0.3) is 5.89 Å². The fourth-order valence-electron chi connectivity index (χ4n) is 3.02. The summed E-state index contributed by atoms with van der Waals surface area (Å²) in [7, 11) is 1.52. The van der Waals surface area contributed by atoms with Crippen molar-refractivity contribution in [1.82, 2.24) is 20.8 Å². The van der Waals surface area contributed by atoms with Crippen LogP contribution in [0.15, 0.2) is 57.5 Å². The van der Waals surface area contributed by atoms with Crippen molar-refractivity contribution in [2.75, 3.05) is 25.0 Å². The minimum absolute atomic E-state index is 0.228. The number of carbonyl (C=O) groups excluding carboxylic acids is 2. The van der Waals surface area contributed by atoms with E-state index < -0.39 is 12.2 Å². The maximum Gasteiger partial charge on any atom is 0.414 e. The zero-order valence-electron chi connectivity index (χ0n) is 16.0. The number of nitrogens with one attached hydrogen (secondary N) is 2. The second-order valence-electron chi connectivity index (χ2n) is 6.53. The summed E-state index contributed by atoms with van der Waals surface area (Å²) in [5.74, 6) is 0.861. The first-order valence-corrected chi connectivity index (χ1v) is 9.97. The molecule has 1 unspecified atom stereocenters. The zero-order valence-corrected chi connectivity index (χ0v) is 17.5. The Morgan fingerprint density at radius 3 is 2.80 bits per heavy atom. The van der Waals surface area contributed by atoms with Crippen LogP contribution in [0.2, 0.25) is 0 Å². The maximum absolute atomic E-state index is 12.2. The van der Waals surface area contributed by atoms with Gasteiger partial charge in [-0.15, -0.1) is 0 Å². The van der Waals surface area contributed by atoms with Crippen molar-refractivity contribution in [2.24, 2.45) is 0 Å². The number of hydrogen-bond acceptors (Lipinski definition) is 6. The third-order valence-electron chi connectivity index (χ3n) is 4.54. The highest BCUT2D eigenvalue weighted by Crippen LogP contribution is 2.33. The average molecular weight is 472 g/mol. The fraction of sp³-hybridized carbons (Fsp3) is 0.200. The van der Waals surface area contributed by atoms with Gasteiger partial charge in [0.05, 0.1) is 18.7 Å². The number of aromatic nitrogens is 2. The summed E-state index contributed by atoms with van der Waals surface area (Å²) in [6.45, 7) is 0.554. The zero-order chi connectivity index (χ0) is 21.1. The first-order chi connectivity index (χ1) is 14.5. The predicted octanol–water partition coefficient (Wildman–Crippen LogP) is 3.42. The van der Waals surface area contributed by atoms with Gasteiger partial charge < -0.3 is 19.9 Å². The highest BCUT2D eigenvalue weighted by Gasteiger charge is 2.33. The second-order valence-corrected chi connectivity index (χ2v) is 7.38. The van der Waals surface area contributed by atoms with Crippen molar-refractivity contribution in [3.05, 3.63) is 53.0 Å². The van der Waals surface area contributed by atoms with Crippen molar-refractivity contribution >= 4 is 33.7 Å². The first-order valence-electron chi connectivity index (χ1n) is 9.18. The fourth-order valence-corrected chi connectivity index (χ4v) is 3.55. The monoisotopic (exact) mass is 471 g/mol. The van der Waals surface area contributed by atoms with Crippen LogP contribution < -0.4 is 15.5 Å². The molecule has 2 aromatic carbocycles. The largest absolute Gasteiger partial charge is 0.442 e. The molecule has 9 nitrogen and oxygen atoms in total. The van der Waals surface area contributed by atoms with E-state index in [0.29, 0.717) is 34.0 Å². The van der Waals surface area contributed by atoms with Crippen LogP contribution in [-0.4, -0.2) is 48.5 Å². The normalized spacial score (nSPS) is 15.7. The van der Waals surface area contributed by atoms with E-state index in [-0.39, 0.29) is 12.6 Å². The average Bonchev–Trinajstić information content (AvgIpc) is 3.39. The third kappa shape index (κ3) is 4.13. The number of nitrogens with zero attached hydrogens (tertiary/aromatic N) is 3. The van der Waals surface area contributed by atoms with Gasteiger partial charge in [0.2, 0.25) is 5.82 Å². The summed E-state index contributed by atoms with van der Waals surface area (Å²) in [6.07, 6.45) is -0.903. The standard InChI is InChI=1S/C20H18BrN5O4/c1-22-19(27)23-10-14-11-26(20(28)29-14)13-7-8-15(16(21)9-13)18-24-17(25-30-18)12-5-3-2-4-6-12/h2-9,14H,10-11H2,1H3,(H2,22,23,27). The molecule has 2 heterocycles. The minimum Gasteiger partial charge on any atom is -0.442 e. The van der Waals surface area contributed by atoms with Gasteiger partial charge >= 0.3 is 12.1 Å². The van der Waals surface area contributed by atoms with Gasteiger partial charge in [0.15, 0.2) is 0 Å². The molecular weight excluding hydrogens is 454 g/mol. The van der Waals surface area contributed by atoms with Crippen LogP contribution in [0.25, 0.3) is 22.8 Å². The molecule has 1 atom stereocenters. The Kier molecular flexibility index (Phi) is 5.66. The second kappa shape index (κ2) is 8.54. The van der Waals surface area contributed by atoms with Crippen molar-refractivity contribution in [2.45, 2.75) is 6.10 Å². The van der Waals surface area contributed by atoms with Crippen molar-refractivity contribution in [3.8, 4) is 22.8 Å². The molecule has 0 radical (unpaired) electrons. The smallest absolute Gasteiger partial charge is 0.414 e. The number of benzene rings is 2. The molecule has 2 N–H and O–H groups in total. The lowest BCUT2D eigenvalue weighted by atomic mass is 10.2. The van der Waals surface area contributed by atoms with E-state index >= 15 is 0 Å². The van der Waals surface area contributed by atoms with E-state index in [4.69, 9.17) is 9.26 Å². The molecule has 1 aliphatic rings. The van der Waals surface area contributed by atoms with Crippen molar-refractivity contribution in [1.29, 1.82) is 0 Å². The molecule has 10 heteroatoms. The Hall–Kier alpha value is -3.40. The number of hydrogen-bond donors (Lipinski definition) is 2. The number of halogens is 1. The number of rotatable bonds is 5. The van der Waals surface area contributed by atoms with Gasteiger partial charge in [-0.05, 0) is 34.1 Å². The van der Waals surface area contributed by atoms with Gasteiger partial charge in [0, 0.05) is 22.8 Å². The Morgan fingerprint density at radius 1 is 1.27 bits per heavy atom. The Bertz CT molecular complexity index is 1070. The van der Waals surface area contributed by atoms with Gasteiger partial charge in [-0.2, -0.15) is 4.98 Å². The summed E-state index contributed by atoms with van der Waals surface area (Å²) in [5, 5.41) is 9.12. The molecule has 0 saturated carbocycles. The van der Waals surface area contributed by atoms with Crippen molar-refractivity contribution < 1.29 is 18.8 Å². The number of carbonyl (C=O) groups is 2. The molecule has 1 saturated heterocycles. The highest BCUT2D eigenvalue weighted by molar-refractivity contribution is 9.10. The SMILES string of the molecule is CNC(=O)NCC1CN(c2ccc(-c3nc(-c4ccccc4)no3)c(Br)c2)C(=O)O1. The van der Waals surface area contributed by atoms with Gasteiger partial charge in [-0.3, -0.25) is 4.90 Å². The van der Waals surface area contributed by atoms with E-state index in [9.17, 15) is 9.59 Å². The van der Waals surface area contributed by atoms with Gasteiger partial charge in [-0.25, -0.2) is 9.59 Å². The summed E-state index contributed by atoms with van der Waals surface area (Å²) in [4.78, 5) is 29.5. The molecule has 0 spiro atoms. The van der Waals surface area contributed by atoms with Crippen LogP contribution in [-0.2, 0) is 4.74 Å². The summed E-state index contributed by atoms with van der Waals surface area (Å²) in [6, 6.07) is 14.6. The van der Waals surface area contributed by atoms with Crippen LogP contribution in [0.1, 0.15) is 0 Å². The Balaban J connectivity index is 1.49. The van der Waals surface area contributed by atoms with E-state index in [1.807, 2.05) is 30.3 Å². The number of amides is 3. The molecule has 3 amide bonds. The molecule has 0 bridgehead atoms. The van der Waals surface area contributed by atoms with Crippen LogP contribution in [0.5, 0.6) is 0 Å². The molecule has 4 rings (SSSR count). The molecule has 30 heavy (non-hydrogen) atoms. The number of anilines is 1. The van der Waals surface area contributed by atoms with Gasteiger partial charge in [-0.1, -0.05) is 35.5 Å². The lowest BCUT2D eigenvalue weighted by molar-refractivity contribution is 0.140. The molecular formula is C20H18BrN5O4. The number of urea groups is 1. The lowest BCUT2D eigenvalue weighted by Crippen LogP contribution is -2.39. The number of cyclic esters (lactones) is 1. The summed E-state index contributed by atoms with van der Waals surface area (Å²) < 4.78 is 11.4. The topological polar surface area (TPSA) is 110 Å². The Labute approximate surface area is 180 Å². The molecule has 1 aromatic heterocycles. The van der Waals surface area contributed by atoms with Crippen LogP contribution in [0.3, 0.4) is 0 Å². The third-order valence-corrected chi connectivity index (χ3v) is 5.20. The van der Waals surface area contributed by atoms with Crippen LogP contribution in [0, 0.1) is 0 Å². The maximum atomic E-state index is 12.2. The summed E-state index contributed by atoms with van der Waals surface area (Å²) >= 11 is 3.52.